The molecule has 0 spiro atoms. The van der Waals surface area contributed by atoms with Crippen molar-refractivity contribution in [2.24, 2.45) is 0 Å². The van der Waals surface area contributed by atoms with Crippen molar-refractivity contribution >= 4 is 15.5 Å². The zero-order chi connectivity index (χ0) is 12.2. The standard InChI is InChI=1S/C11H17NO3S/c1-16(14,15)8-4-7-11(13)9-5-2-3-6-10(9)12/h2-3,5-6,11,13H,4,7-8,12H2,1H3. The van der Waals surface area contributed by atoms with Crippen molar-refractivity contribution in [2.75, 3.05) is 17.7 Å². The van der Waals surface area contributed by atoms with Gasteiger partial charge in [0.1, 0.15) is 9.84 Å². The van der Waals surface area contributed by atoms with Gasteiger partial charge < -0.3 is 10.8 Å². The number of rotatable bonds is 5. The summed E-state index contributed by atoms with van der Waals surface area (Å²) in [4.78, 5) is 0. The molecule has 0 fully saturated rings. The van der Waals surface area contributed by atoms with Gasteiger partial charge in [0.25, 0.3) is 0 Å². The van der Waals surface area contributed by atoms with Crippen molar-refractivity contribution in [3.05, 3.63) is 29.8 Å². The van der Waals surface area contributed by atoms with Gasteiger partial charge in [-0.25, -0.2) is 8.42 Å². The molecule has 90 valence electrons. The van der Waals surface area contributed by atoms with E-state index in [9.17, 15) is 13.5 Å². The predicted molar refractivity (Wildman–Crippen MR) is 64.8 cm³/mol. The van der Waals surface area contributed by atoms with Crippen molar-refractivity contribution in [3.63, 3.8) is 0 Å². The van der Waals surface area contributed by atoms with Gasteiger partial charge in [-0.3, -0.25) is 0 Å². The Balaban J connectivity index is 2.54. The number of aliphatic hydroxyl groups excluding tert-OH is 1. The Morgan fingerprint density at radius 2 is 2.00 bits per heavy atom. The summed E-state index contributed by atoms with van der Waals surface area (Å²) in [5.41, 5.74) is 6.90. The van der Waals surface area contributed by atoms with Gasteiger partial charge in [-0.2, -0.15) is 0 Å². The Morgan fingerprint density at radius 3 is 2.56 bits per heavy atom. The fourth-order valence-electron chi connectivity index (χ4n) is 1.51. The Morgan fingerprint density at radius 1 is 1.38 bits per heavy atom. The lowest BCUT2D eigenvalue weighted by atomic mass is 10.0. The summed E-state index contributed by atoms with van der Waals surface area (Å²) in [6.45, 7) is 0. The summed E-state index contributed by atoms with van der Waals surface area (Å²) in [7, 11) is -2.95. The molecule has 0 aliphatic heterocycles. The molecule has 1 rings (SSSR count). The number of nitrogens with two attached hydrogens (primary N) is 1. The minimum Gasteiger partial charge on any atom is -0.398 e. The number of hydrogen-bond acceptors (Lipinski definition) is 4. The van der Waals surface area contributed by atoms with E-state index >= 15 is 0 Å². The molecule has 0 aliphatic rings. The molecule has 0 heterocycles. The van der Waals surface area contributed by atoms with Crippen LogP contribution in [-0.2, 0) is 9.84 Å². The number of sulfone groups is 1. The maximum Gasteiger partial charge on any atom is 0.147 e. The lowest BCUT2D eigenvalue weighted by Gasteiger charge is -2.12. The van der Waals surface area contributed by atoms with Crippen LogP contribution in [0.15, 0.2) is 24.3 Å². The van der Waals surface area contributed by atoms with E-state index < -0.39 is 15.9 Å². The van der Waals surface area contributed by atoms with Crippen LogP contribution in [0.5, 0.6) is 0 Å². The summed E-state index contributed by atoms with van der Waals surface area (Å²) in [5.74, 6) is 0.0940. The highest BCUT2D eigenvalue weighted by molar-refractivity contribution is 7.90. The number of nitrogen functional groups attached to an aromatic ring is 1. The van der Waals surface area contributed by atoms with Gasteiger partial charge in [-0.05, 0) is 18.9 Å². The first-order chi connectivity index (χ1) is 7.40. The SMILES string of the molecule is CS(=O)(=O)CCCC(O)c1ccccc1N. The Hall–Kier alpha value is -1.07. The summed E-state index contributed by atoms with van der Waals surface area (Å²) in [6, 6.07) is 7.06. The monoisotopic (exact) mass is 243 g/mol. The molecular formula is C11H17NO3S. The molecule has 4 nitrogen and oxygen atoms in total. The van der Waals surface area contributed by atoms with E-state index in [-0.39, 0.29) is 5.75 Å². The molecule has 3 N–H and O–H groups in total. The molecular weight excluding hydrogens is 226 g/mol. The quantitative estimate of drug-likeness (QED) is 0.760. The first-order valence-electron chi connectivity index (χ1n) is 5.10. The summed E-state index contributed by atoms with van der Waals surface area (Å²) < 4.78 is 21.8. The predicted octanol–water partition coefficient (Wildman–Crippen LogP) is 1.13. The normalized spacial score (nSPS) is 13.6. The van der Waals surface area contributed by atoms with E-state index in [0.29, 0.717) is 24.1 Å². The van der Waals surface area contributed by atoms with Crippen LogP contribution in [0.1, 0.15) is 24.5 Å². The molecule has 0 aliphatic carbocycles. The molecule has 16 heavy (non-hydrogen) atoms. The second-order valence-corrected chi connectivity index (χ2v) is 6.18. The average Bonchev–Trinajstić information content (AvgIpc) is 2.16. The molecule has 1 unspecified atom stereocenters. The van der Waals surface area contributed by atoms with E-state index in [1.54, 1.807) is 24.3 Å². The van der Waals surface area contributed by atoms with E-state index in [1.165, 1.54) is 6.26 Å². The van der Waals surface area contributed by atoms with E-state index in [1.807, 2.05) is 0 Å². The molecule has 5 heteroatoms. The van der Waals surface area contributed by atoms with Gasteiger partial charge >= 0.3 is 0 Å². The number of para-hydroxylation sites is 1. The van der Waals surface area contributed by atoms with Crippen LogP contribution < -0.4 is 5.73 Å². The number of benzene rings is 1. The maximum atomic E-state index is 10.9. The molecule has 1 aromatic rings. The molecule has 1 atom stereocenters. The van der Waals surface area contributed by atoms with Crippen LogP contribution in [0.4, 0.5) is 5.69 Å². The minimum atomic E-state index is -2.95. The fraction of sp³-hybridized carbons (Fsp3) is 0.455. The molecule has 0 bridgehead atoms. The molecule has 0 saturated heterocycles. The Kier molecular flexibility index (Phi) is 4.32. The molecule has 0 amide bonds. The highest BCUT2D eigenvalue weighted by Crippen LogP contribution is 2.23. The second kappa shape index (κ2) is 5.32. The third-order valence-corrected chi connectivity index (χ3v) is 3.38. The first kappa shape index (κ1) is 13.0. The highest BCUT2D eigenvalue weighted by atomic mass is 32.2. The number of hydrogen-bond donors (Lipinski definition) is 2. The third-order valence-electron chi connectivity index (χ3n) is 2.35. The van der Waals surface area contributed by atoms with E-state index in [0.717, 1.165) is 0 Å². The van der Waals surface area contributed by atoms with Crippen LogP contribution >= 0.6 is 0 Å². The van der Waals surface area contributed by atoms with Gasteiger partial charge in [0.2, 0.25) is 0 Å². The summed E-state index contributed by atoms with van der Waals surface area (Å²) >= 11 is 0. The minimum absolute atomic E-state index is 0.0940. The zero-order valence-corrected chi connectivity index (χ0v) is 10.1. The van der Waals surface area contributed by atoms with Crippen LogP contribution in [0.25, 0.3) is 0 Å². The molecule has 0 aromatic heterocycles. The Bertz CT molecular complexity index is 442. The zero-order valence-electron chi connectivity index (χ0n) is 9.26. The Labute approximate surface area is 96.0 Å². The van der Waals surface area contributed by atoms with Crippen molar-refractivity contribution in [1.82, 2.24) is 0 Å². The van der Waals surface area contributed by atoms with Gasteiger partial charge in [0.05, 0.1) is 6.10 Å². The molecule has 0 saturated carbocycles. The van der Waals surface area contributed by atoms with Crippen LogP contribution in [0.3, 0.4) is 0 Å². The van der Waals surface area contributed by atoms with Crippen molar-refractivity contribution < 1.29 is 13.5 Å². The first-order valence-corrected chi connectivity index (χ1v) is 7.16. The van der Waals surface area contributed by atoms with Gasteiger partial charge in [0, 0.05) is 23.3 Å². The van der Waals surface area contributed by atoms with Crippen molar-refractivity contribution in [3.8, 4) is 0 Å². The van der Waals surface area contributed by atoms with E-state index in [4.69, 9.17) is 5.73 Å². The number of anilines is 1. The van der Waals surface area contributed by atoms with Gasteiger partial charge in [-0.1, -0.05) is 18.2 Å². The maximum absolute atomic E-state index is 10.9. The van der Waals surface area contributed by atoms with Gasteiger partial charge in [0.15, 0.2) is 0 Å². The smallest absolute Gasteiger partial charge is 0.147 e. The highest BCUT2D eigenvalue weighted by Gasteiger charge is 2.11. The number of aliphatic hydroxyl groups is 1. The topological polar surface area (TPSA) is 80.4 Å². The second-order valence-electron chi connectivity index (χ2n) is 3.92. The van der Waals surface area contributed by atoms with Crippen LogP contribution in [-0.4, -0.2) is 25.5 Å². The summed E-state index contributed by atoms with van der Waals surface area (Å²) in [6.07, 6.45) is 1.34. The van der Waals surface area contributed by atoms with Crippen molar-refractivity contribution in [2.45, 2.75) is 18.9 Å². The van der Waals surface area contributed by atoms with Gasteiger partial charge in [-0.15, -0.1) is 0 Å². The summed E-state index contributed by atoms with van der Waals surface area (Å²) in [5, 5.41) is 9.82. The third kappa shape index (κ3) is 4.20. The fourth-order valence-corrected chi connectivity index (χ4v) is 2.20. The van der Waals surface area contributed by atoms with Crippen molar-refractivity contribution in [1.29, 1.82) is 0 Å². The molecule has 0 radical (unpaired) electrons. The van der Waals surface area contributed by atoms with Crippen LogP contribution in [0.2, 0.25) is 0 Å². The van der Waals surface area contributed by atoms with E-state index in [2.05, 4.69) is 0 Å². The van der Waals surface area contributed by atoms with Crippen LogP contribution in [0, 0.1) is 0 Å². The lowest BCUT2D eigenvalue weighted by Crippen LogP contribution is -2.07. The largest absolute Gasteiger partial charge is 0.398 e. The average molecular weight is 243 g/mol. The molecule has 1 aromatic carbocycles. The lowest BCUT2D eigenvalue weighted by molar-refractivity contribution is 0.167.